The Balaban J connectivity index is 1.70. The molecule has 9 heteroatoms. The summed E-state index contributed by atoms with van der Waals surface area (Å²) in [7, 11) is 0. The minimum atomic E-state index is -1.05. The Labute approximate surface area is 190 Å². The zero-order chi connectivity index (χ0) is 23.8. The number of nitrogens with two attached hydrogens (primary N) is 2. The summed E-state index contributed by atoms with van der Waals surface area (Å²) in [6.07, 6.45) is 1.75. The van der Waals surface area contributed by atoms with Gasteiger partial charge in [-0.25, -0.2) is 13.8 Å². The minimum Gasteiger partial charge on any atom is -0.384 e. The van der Waals surface area contributed by atoms with Crippen LogP contribution in [0.15, 0.2) is 66.9 Å². The number of nitrogens with one attached hydrogen (secondary N) is 2. The lowest BCUT2D eigenvalue weighted by atomic mass is 10.0. The Bertz CT molecular complexity index is 1090. The van der Waals surface area contributed by atoms with Gasteiger partial charge in [-0.1, -0.05) is 42.5 Å². The van der Waals surface area contributed by atoms with Gasteiger partial charge in [0.15, 0.2) is 11.6 Å². The lowest BCUT2D eigenvalue weighted by Crippen LogP contribution is -2.53. The molecule has 2 amide bonds. The van der Waals surface area contributed by atoms with Crippen molar-refractivity contribution in [3.8, 4) is 0 Å². The molecule has 7 nitrogen and oxygen atoms in total. The molecule has 1 aromatic heterocycles. The Hall–Kier alpha value is -3.85. The van der Waals surface area contributed by atoms with Crippen LogP contribution in [0.5, 0.6) is 0 Å². The number of halogens is 2. The number of carbonyl (C=O) groups is 2. The number of rotatable bonds is 9. The maximum absolute atomic E-state index is 13.7. The van der Waals surface area contributed by atoms with Gasteiger partial charge in [0, 0.05) is 19.2 Å². The average molecular weight is 453 g/mol. The lowest BCUT2D eigenvalue weighted by Gasteiger charge is -2.21. The zero-order valence-electron chi connectivity index (χ0n) is 17.8. The molecule has 0 aliphatic rings. The first kappa shape index (κ1) is 23.8. The molecule has 2 aromatic carbocycles. The number of benzene rings is 2. The second-order valence-electron chi connectivity index (χ2n) is 7.62. The lowest BCUT2D eigenvalue weighted by molar-refractivity contribution is -0.129. The molecule has 0 unspecified atom stereocenters. The summed E-state index contributed by atoms with van der Waals surface area (Å²) in [5, 5.41) is 5.35. The highest BCUT2D eigenvalue weighted by molar-refractivity contribution is 5.90. The fourth-order valence-electron chi connectivity index (χ4n) is 3.20. The van der Waals surface area contributed by atoms with Gasteiger partial charge in [0.2, 0.25) is 11.8 Å². The van der Waals surface area contributed by atoms with E-state index < -0.39 is 35.5 Å². The summed E-state index contributed by atoms with van der Waals surface area (Å²) in [4.78, 5) is 29.5. The summed E-state index contributed by atoms with van der Waals surface area (Å²) in [6, 6.07) is 13.9. The molecule has 0 saturated carbocycles. The fraction of sp³-hybridized carbons (Fsp3) is 0.208. The van der Waals surface area contributed by atoms with Crippen molar-refractivity contribution in [2.24, 2.45) is 5.73 Å². The second kappa shape index (κ2) is 11.1. The Morgan fingerprint density at radius 3 is 2.27 bits per heavy atom. The van der Waals surface area contributed by atoms with Gasteiger partial charge in [-0.2, -0.15) is 0 Å². The number of nitrogens with zero attached hydrogens (tertiary/aromatic N) is 1. The standard InChI is InChI=1S/C24H25F2N5O2/c25-18-8-6-16(10-19(18)26)12-21(24(33)30-14-17-7-9-22(28)29-13-17)31-23(32)20(27)11-15-4-2-1-3-5-15/h1-10,13,20-21H,11-12,14,27H2,(H2,28,29)(H,30,33)(H,31,32)/t20-,21+/m0/s1. The predicted molar refractivity (Wildman–Crippen MR) is 121 cm³/mol. The Morgan fingerprint density at radius 1 is 0.879 bits per heavy atom. The van der Waals surface area contributed by atoms with E-state index in [-0.39, 0.29) is 19.4 Å². The number of hydrogen-bond donors (Lipinski definition) is 4. The van der Waals surface area contributed by atoms with Gasteiger partial charge in [-0.15, -0.1) is 0 Å². The summed E-state index contributed by atoms with van der Waals surface area (Å²) >= 11 is 0. The molecule has 172 valence electrons. The van der Waals surface area contributed by atoms with Crippen molar-refractivity contribution < 1.29 is 18.4 Å². The van der Waals surface area contributed by atoms with Crippen LogP contribution in [0.4, 0.5) is 14.6 Å². The van der Waals surface area contributed by atoms with Gasteiger partial charge < -0.3 is 22.1 Å². The number of anilines is 1. The fourth-order valence-corrected chi connectivity index (χ4v) is 3.20. The monoisotopic (exact) mass is 453 g/mol. The number of pyridine rings is 1. The smallest absolute Gasteiger partial charge is 0.243 e. The highest BCUT2D eigenvalue weighted by Crippen LogP contribution is 2.12. The molecule has 0 aliphatic heterocycles. The molecule has 0 aliphatic carbocycles. The molecular formula is C24H25F2N5O2. The van der Waals surface area contributed by atoms with Crippen molar-refractivity contribution >= 4 is 17.6 Å². The predicted octanol–water partition coefficient (Wildman–Crippen LogP) is 1.86. The maximum Gasteiger partial charge on any atom is 0.243 e. The highest BCUT2D eigenvalue weighted by atomic mass is 19.2. The summed E-state index contributed by atoms with van der Waals surface area (Å²) < 4.78 is 27.0. The van der Waals surface area contributed by atoms with Gasteiger partial charge in [-0.3, -0.25) is 9.59 Å². The van der Waals surface area contributed by atoms with Crippen LogP contribution in [-0.4, -0.2) is 28.9 Å². The molecule has 3 aromatic rings. The Morgan fingerprint density at radius 2 is 1.61 bits per heavy atom. The Kier molecular flexibility index (Phi) is 8.04. The number of aromatic nitrogens is 1. The SMILES string of the molecule is Nc1ccc(CNC(=O)[C@@H](Cc2ccc(F)c(F)c2)NC(=O)[C@@H](N)Cc2ccccc2)cn1. The van der Waals surface area contributed by atoms with Crippen LogP contribution in [0.2, 0.25) is 0 Å². The number of carbonyl (C=O) groups excluding carboxylic acids is 2. The van der Waals surface area contributed by atoms with Gasteiger partial charge in [0.1, 0.15) is 11.9 Å². The summed E-state index contributed by atoms with van der Waals surface area (Å²) in [5.41, 5.74) is 13.5. The average Bonchev–Trinajstić information content (AvgIpc) is 2.81. The maximum atomic E-state index is 13.7. The molecule has 3 rings (SSSR count). The van der Waals surface area contributed by atoms with Crippen LogP contribution in [0.3, 0.4) is 0 Å². The zero-order valence-corrected chi connectivity index (χ0v) is 17.8. The molecule has 33 heavy (non-hydrogen) atoms. The number of nitrogen functional groups attached to an aromatic ring is 1. The first-order valence-electron chi connectivity index (χ1n) is 10.3. The quantitative estimate of drug-likeness (QED) is 0.394. The summed E-state index contributed by atoms with van der Waals surface area (Å²) in [6.45, 7) is 0.145. The van der Waals surface area contributed by atoms with Crippen LogP contribution in [-0.2, 0) is 29.0 Å². The van der Waals surface area contributed by atoms with Crippen LogP contribution < -0.4 is 22.1 Å². The van der Waals surface area contributed by atoms with E-state index in [9.17, 15) is 18.4 Å². The molecule has 1 heterocycles. The van der Waals surface area contributed by atoms with Crippen molar-refractivity contribution in [3.63, 3.8) is 0 Å². The number of hydrogen-bond acceptors (Lipinski definition) is 5. The van der Waals surface area contributed by atoms with Crippen LogP contribution in [0, 0.1) is 11.6 Å². The van der Waals surface area contributed by atoms with Crippen LogP contribution in [0.25, 0.3) is 0 Å². The third-order valence-corrected chi connectivity index (χ3v) is 5.01. The van der Waals surface area contributed by atoms with Crippen molar-refractivity contribution in [2.45, 2.75) is 31.5 Å². The second-order valence-corrected chi connectivity index (χ2v) is 7.62. The van der Waals surface area contributed by atoms with Crippen molar-refractivity contribution in [1.29, 1.82) is 0 Å². The normalized spacial score (nSPS) is 12.6. The topological polar surface area (TPSA) is 123 Å². The van der Waals surface area contributed by atoms with E-state index in [1.807, 2.05) is 30.3 Å². The first-order chi connectivity index (χ1) is 15.8. The van der Waals surface area contributed by atoms with E-state index in [1.54, 1.807) is 12.1 Å². The third-order valence-electron chi connectivity index (χ3n) is 5.01. The first-order valence-corrected chi connectivity index (χ1v) is 10.3. The molecule has 0 spiro atoms. The minimum absolute atomic E-state index is 0.0488. The van der Waals surface area contributed by atoms with E-state index >= 15 is 0 Å². The van der Waals surface area contributed by atoms with E-state index in [1.165, 1.54) is 12.3 Å². The molecule has 0 radical (unpaired) electrons. The molecule has 2 atom stereocenters. The third kappa shape index (κ3) is 7.08. The van der Waals surface area contributed by atoms with Crippen LogP contribution >= 0.6 is 0 Å². The molecule has 0 bridgehead atoms. The van der Waals surface area contributed by atoms with Crippen molar-refractivity contribution in [2.75, 3.05) is 5.73 Å². The van der Waals surface area contributed by atoms with Gasteiger partial charge >= 0.3 is 0 Å². The van der Waals surface area contributed by atoms with Gasteiger partial charge in [0.25, 0.3) is 0 Å². The molecular weight excluding hydrogens is 428 g/mol. The van der Waals surface area contributed by atoms with E-state index in [2.05, 4.69) is 15.6 Å². The molecule has 0 fully saturated rings. The van der Waals surface area contributed by atoms with E-state index in [0.717, 1.165) is 17.7 Å². The van der Waals surface area contributed by atoms with Crippen LogP contribution in [0.1, 0.15) is 16.7 Å². The summed E-state index contributed by atoms with van der Waals surface area (Å²) in [5.74, 6) is -2.72. The molecule has 0 saturated heterocycles. The van der Waals surface area contributed by atoms with Gasteiger partial charge in [-0.05, 0) is 41.3 Å². The molecule has 6 N–H and O–H groups in total. The van der Waals surface area contributed by atoms with Crippen molar-refractivity contribution in [3.05, 3.63) is 95.2 Å². The number of amides is 2. The largest absolute Gasteiger partial charge is 0.384 e. The van der Waals surface area contributed by atoms with E-state index in [4.69, 9.17) is 11.5 Å². The van der Waals surface area contributed by atoms with Crippen molar-refractivity contribution in [1.82, 2.24) is 15.6 Å². The highest BCUT2D eigenvalue weighted by Gasteiger charge is 2.24. The van der Waals surface area contributed by atoms with Gasteiger partial charge in [0.05, 0.1) is 6.04 Å². The van der Waals surface area contributed by atoms with E-state index in [0.29, 0.717) is 16.9 Å².